The molecule has 32 heavy (non-hydrogen) atoms. The highest BCUT2D eigenvalue weighted by molar-refractivity contribution is 5.72. The van der Waals surface area contributed by atoms with Crippen molar-refractivity contribution in [3.63, 3.8) is 0 Å². The molecular formula is C22H24FN7O2. The van der Waals surface area contributed by atoms with Crippen molar-refractivity contribution in [1.82, 2.24) is 30.0 Å². The van der Waals surface area contributed by atoms with E-state index in [4.69, 9.17) is 4.74 Å². The quantitative estimate of drug-likeness (QED) is 0.630. The van der Waals surface area contributed by atoms with Crippen LogP contribution in [0.3, 0.4) is 0 Å². The van der Waals surface area contributed by atoms with Crippen molar-refractivity contribution >= 4 is 11.9 Å². The first-order chi connectivity index (χ1) is 15.6. The number of carbonyl (C=O) groups is 1. The summed E-state index contributed by atoms with van der Waals surface area (Å²) in [5.74, 6) is 0.559. The number of carbonyl (C=O) groups excluding carboxylic acids is 1. The van der Waals surface area contributed by atoms with Crippen LogP contribution in [-0.4, -0.2) is 69.6 Å². The van der Waals surface area contributed by atoms with Gasteiger partial charge in [0.1, 0.15) is 17.6 Å². The van der Waals surface area contributed by atoms with E-state index in [9.17, 15) is 9.18 Å². The molecule has 1 atom stereocenters. The SMILES string of the molecule is O=C1NC[C@H](Cn2cc(CN3CCN(c4nccnc4-c4ccc(F)cc4)CC3)cn2)O1. The van der Waals surface area contributed by atoms with E-state index >= 15 is 0 Å². The van der Waals surface area contributed by atoms with Gasteiger partial charge >= 0.3 is 6.09 Å². The molecule has 4 heterocycles. The average molecular weight is 437 g/mol. The van der Waals surface area contributed by atoms with E-state index in [0.29, 0.717) is 13.1 Å². The second-order valence-corrected chi connectivity index (χ2v) is 7.98. The Kier molecular flexibility index (Phi) is 5.68. The van der Waals surface area contributed by atoms with Crippen molar-refractivity contribution in [2.24, 2.45) is 0 Å². The summed E-state index contributed by atoms with van der Waals surface area (Å²) in [7, 11) is 0. The number of aromatic nitrogens is 4. The Hall–Kier alpha value is -3.53. The van der Waals surface area contributed by atoms with Crippen LogP contribution in [0.25, 0.3) is 11.3 Å². The monoisotopic (exact) mass is 437 g/mol. The van der Waals surface area contributed by atoms with E-state index in [1.807, 2.05) is 17.1 Å². The van der Waals surface area contributed by atoms with Crippen LogP contribution >= 0.6 is 0 Å². The molecule has 10 heteroatoms. The zero-order chi connectivity index (χ0) is 21.9. The minimum Gasteiger partial charge on any atom is -0.442 e. The number of hydrogen-bond donors (Lipinski definition) is 1. The summed E-state index contributed by atoms with van der Waals surface area (Å²) >= 11 is 0. The molecule has 2 aliphatic heterocycles. The highest BCUT2D eigenvalue weighted by Crippen LogP contribution is 2.27. The van der Waals surface area contributed by atoms with Gasteiger partial charge in [-0.3, -0.25) is 14.6 Å². The van der Waals surface area contributed by atoms with Crippen LogP contribution in [0, 0.1) is 5.82 Å². The van der Waals surface area contributed by atoms with Crippen molar-refractivity contribution in [1.29, 1.82) is 0 Å². The lowest BCUT2D eigenvalue weighted by Gasteiger charge is -2.35. The summed E-state index contributed by atoms with van der Waals surface area (Å²) in [4.78, 5) is 24.8. The molecule has 0 aliphatic carbocycles. The van der Waals surface area contributed by atoms with Gasteiger partial charge in [-0.25, -0.2) is 14.2 Å². The molecule has 0 radical (unpaired) electrons. The molecule has 0 saturated carbocycles. The molecule has 2 aliphatic rings. The second-order valence-electron chi connectivity index (χ2n) is 7.98. The van der Waals surface area contributed by atoms with Crippen LogP contribution in [0.1, 0.15) is 5.56 Å². The van der Waals surface area contributed by atoms with Gasteiger partial charge in [0.15, 0.2) is 5.82 Å². The van der Waals surface area contributed by atoms with Crippen LogP contribution in [0.15, 0.2) is 49.1 Å². The van der Waals surface area contributed by atoms with Gasteiger partial charge in [0.2, 0.25) is 0 Å². The van der Waals surface area contributed by atoms with Crippen molar-refractivity contribution < 1.29 is 13.9 Å². The molecule has 0 bridgehead atoms. The van der Waals surface area contributed by atoms with Crippen LogP contribution < -0.4 is 10.2 Å². The molecule has 9 nitrogen and oxygen atoms in total. The summed E-state index contributed by atoms with van der Waals surface area (Å²) in [5, 5.41) is 7.05. The second kappa shape index (κ2) is 8.91. The molecule has 1 aromatic carbocycles. The number of benzene rings is 1. The predicted octanol–water partition coefficient (Wildman–Crippen LogP) is 1.91. The normalized spacial score (nSPS) is 19.1. The van der Waals surface area contributed by atoms with E-state index in [2.05, 4.69) is 30.2 Å². The first kappa shape index (κ1) is 20.4. The molecule has 2 aromatic heterocycles. The van der Waals surface area contributed by atoms with E-state index in [1.165, 1.54) is 12.1 Å². The number of hydrogen-bond acceptors (Lipinski definition) is 7. The Labute approximate surface area is 184 Å². The Morgan fingerprint density at radius 1 is 1.09 bits per heavy atom. The van der Waals surface area contributed by atoms with Gasteiger partial charge in [0, 0.05) is 62.4 Å². The number of amides is 1. The fourth-order valence-electron chi connectivity index (χ4n) is 4.08. The molecule has 166 valence electrons. The third-order valence-corrected chi connectivity index (χ3v) is 5.70. The fourth-order valence-corrected chi connectivity index (χ4v) is 4.08. The Bertz CT molecular complexity index is 1080. The molecule has 0 unspecified atom stereocenters. The summed E-state index contributed by atoms with van der Waals surface area (Å²) < 4.78 is 20.3. The lowest BCUT2D eigenvalue weighted by molar-refractivity contribution is 0.128. The molecule has 0 spiro atoms. The van der Waals surface area contributed by atoms with E-state index in [0.717, 1.165) is 55.4 Å². The number of piperazine rings is 1. The molecular weight excluding hydrogens is 413 g/mol. The maximum absolute atomic E-state index is 13.3. The van der Waals surface area contributed by atoms with Crippen LogP contribution in [-0.2, 0) is 17.8 Å². The first-order valence-corrected chi connectivity index (χ1v) is 10.6. The van der Waals surface area contributed by atoms with Crippen molar-refractivity contribution in [2.45, 2.75) is 19.2 Å². The maximum atomic E-state index is 13.3. The number of ether oxygens (including phenoxy) is 1. The van der Waals surface area contributed by atoms with Gasteiger partial charge in [-0.1, -0.05) is 0 Å². The summed E-state index contributed by atoms with van der Waals surface area (Å²) in [6.45, 7) is 5.28. The molecule has 1 amide bonds. The lowest BCUT2D eigenvalue weighted by atomic mass is 10.1. The summed E-state index contributed by atoms with van der Waals surface area (Å²) in [6, 6.07) is 6.36. The topological polar surface area (TPSA) is 88.4 Å². The Morgan fingerprint density at radius 2 is 1.88 bits per heavy atom. The van der Waals surface area contributed by atoms with Gasteiger partial charge in [-0.05, 0) is 24.3 Å². The van der Waals surface area contributed by atoms with Crippen LogP contribution in [0.5, 0.6) is 0 Å². The fraction of sp³-hybridized carbons (Fsp3) is 0.364. The molecule has 2 fully saturated rings. The largest absolute Gasteiger partial charge is 0.442 e. The Balaban J connectivity index is 1.18. The Morgan fingerprint density at radius 3 is 2.62 bits per heavy atom. The van der Waals surface area contributed by atoms with Crippen LogP contribution in [0.2, 0.25) is 0 Å². The minimum atomic E-state index is -0.369. The van der Waals surface area contributed by atoms with Gasteiger partial charge in [-0.2, -0.15) is 5.10 Å². The number of anilines is 1. The molecule has 5 rings (SSSR count). The number of halogens is 1. The van der Waals surface area contributed by atoms with Gasteiger partial charge in [0.05, 0.1) is 19.3 Å². The zero-order valence-electron chi connectivity index (χ0n) is 17.5. The third-order valence-electron chi connectivity index (χ3n) is 5.70. The molecule has 2 saturated heterocycles. The number of nitrogens with one attached hydrogen (secondary N) is 1. The number of alkyl carbamates (subject to hydrolysis) is 1. The summed E-state index contributed by atoms with van der Waals surface area (Å²) in [6.07, 6.45) is 6.69. The van der Waals surface area contributed by atoms with Crippen LogP contribution in [0.4, 0.5) is 15.0 Å². The zero-order valence-corrected chi connectivity index (χ0v) is 17.5. The van der Waals surface area contributed by atoms with E-state index in [-0.39, 0.29) is 18.0 Å². The molecule has 1 N–H and O–H groups in total. The summed E-state index contributed by atoms with van der Waals surface area (Å²) in [5.41, 5.74) is 2.75. The highest BCUT2D eigenvalue weighted by Gasteiger charge is 2.24. The van der Waals surface area contributed by atoms with Gasteiger partial charge in [0.25, 0.3) is 0 Å². The number of cyclic esters (lactones) is 1. The first-order valence-electron chi connectivity index (χ1n) is 10.6. The minimum absolute atomic E-state index is 0.180. The van der Waals surface area contributed by atoms with Crippen molar-refractivity contribution in [3.8, 4) is 11.3 Å². The van der Waals surface area contributed by atoms with E-state index in [1.54, 1.807) is 24.5 Å². The predicted molar refractivity (Wildman–Crippen MR) is 115 cm³/mol. The smallest absolute Gasteiger partial charge is 0.407 e. The highest BCUT2D eigenvalue weighted by atomic mass is 19.1. The average Bonchev–Trinajstić information content (AvgIpc) is 3.43. The number of nitrogens with zero attached hydrogens (tertiary/aromatic N) is 6. The number of rotatable bonds is 6. The van der Waals surface area contributed by atoms with E-state index < -0.39 is 0 Å². The standard InChI is InChI=1S/C22H24FN7O2/c23-18-3-1-17(2-4-18)20-21(25-6-5-24-20)29-9-7-28(8-10-29)13-16-11-27-30(14-16)15-19-12-26-22(31)32-19/h1-6,11,14,19H,7-10,12-13,15H2,(H,26,31)/t19-/m1/s1. The van der Waals surface area contributed by atoms with Crippen molar-refractivity contribution in [3.05, 3.63) is 60.4 Å². The van der Waals surface area contributed by atoms with Gasteiger partial charge in [-0.15, -0.1) is 0 Å². The maximum Gasteiger partial charge on any atom is 0.407 e. The van der Waals surface area contributed by atoms with Gasteiger partial charge < -0.3 is 15.0 Å². The lowest BCUT2D eigenvalue weighted by Crippen LogP contribution is -2.46. The molecule has 3 aromatic rings. The third kappa shape index (κ3) is 4.54. The van der Waals surface area contributed by atoms with Crippen molar-refractivity contribution in [2.75, 3.05) is 37.6 Å².